The summed E-state index contributed by atoms with van der Waals surface area (Å²) in [6.07, 6.45) is 7.06. The average Bonchev–Trinajstić information content (AvgIpc) is 3.27. The van der Waals surface area contributed by atoms with Gasteiger partial charge in [-0.05, 0) is 30.0 Å². The molecule has 4 nitrogen and oxygen atoms in total. The zero-order valence-corrected chi connectivity index (χ0v) is 12.7. The summed E-state index contributed by atoms with van der Waals surface area (Å²) >= 11 is 0. The third-order valence-electron chi connectivity index (χ3n) is 4.29. The number of ether oxygens (including phenoxy) is 2. The fourth-order valence-electron chi connectivity index (χ4n) is 2.78. The summed E-state index contributed by atoms with van der Waals surface area (Å²) < 4.78 is 10.3. The summed E-state index contributed by atoms with van der Waals surface area (Å²) in [6, 6.07) is 10.2. The maximum Gasteiger partial charge on any atom is 0.146 e. The monoisotopic (exact) mass is 299 g/mol. The van der Waals surface area contributed by atoms with Crippen molar-refractivity contribution in [2.45, 2.75) is 6.42 Å². The van der Waals surface area contributed by atoms with Gasteiger partial charge in [0.1, 0.15) is 6.79 Å². The van der Waals surface area contributed by atoms with Crippen molar-refractivity contribution in [1.29, 1.82) is 0 Å². The molecule has 1 aliphatic carbocycles. The van der Waals surface area contributed by atoms with Crippen LogP contribution in [0.4, 0.5) is 0 Å². The van der Waals surface area contributed by atoms with Gasteiger partial charge in [-0.3, -0.25) is 4.98 Å². The van der Waals surface area contributed by atoms with Crippen molar-refractivity contribution in [3.63, 3.8) is 0 Å². The maximum atomic E-state index is 9.60. The second kappa shape index (κ2) is 6.57. The summed E-state index contributed by atoms with van der Waals surface area (Å²) in [5, 5.41) is 10.7. The first-order valence-electron chi connectivity index (χ1n) is 7.48. The van der Waals surface area contributed by atoms with Crippen LogP contribution in [0.1, 0.15) is 12.0 Å². The molecule has 1 aromatic carbocycles. The normalized spacial score (nSPS) is 24.2. The van der Waals surface area contributed by atoms with E-state index in [1.807, 2.05) is 24.4 Å². The summed E-state index contributed by atoms with van der Waals surface area (Å²) in [5.41, 5.74) is 1.94. The van der Waals surface area contributed by atoms with Crippen molar-refractivity contribution >= 4 is 17.0 Å². The molecule has 2 atom stereocenters. The summed E-state index contributed by atoms with van der Waals surface area (Å²) in [7, 11) is 1.60. The van der Waals surface area contributed by atoms with E-state index >= 15 is 0 Å². The molecule has 2 aromatic rings. The number of hydrogen-bond acceptors (Lipinski definition) is 4. The zero-order valence-electron chi connectivity index (χ0n) is 12.7. The Morgan fingerprint density at radius 3 is 3.09 bits per heavy atom. The molecule has 1 N–H and O–H groups in total. The van der Waals surface area contributed by atoms with Gasteiger partial charge in [-0.2, -0.15) is 0 Å². The fourth-order valence-corrected chi connectivity index (χ4v) is 2.78. The van der Waals surface area contributed by atoms with E-state index in [0.717, 1.165) is 22.9 Å². The number of para-hydroxylation sites is 1. The first-order chi connectivity index (χ1) is 10.8. The molecule has 0 amide bonds. The van der Waals surface area contributed by atoms with E-state index < -0.39 is 0 Å². The molecule has 1 fully saturated rings. The molecule has 4 heteroatoms. The van der Waals surface area contributed by atoms with Crippen LogP contribution in [0.25, 0.3) is 17.0 Å². The smallest absolute Gasteiger partial charge is 0.146 e. The topological polar surface area (TPSA) is 51.6 Å². The van der Waals surface area contributed by atoms with Gasteiger partial charge in [0.25, 0.3) is 0 Å². The molecule has 22 heavy (non-hydrogen) atoms. The van der Waals surface area contributed by atoms with Gasteiger partial charge in [-0.15, -0.1) is 0 Å². The molecular formula is C18H21NO3. The predicted octanol–water partition coefficient (Wildman–Crippen LogP) is 2.87. The van der Waals surface area contributed by atoms with Crippen LogP contribution in [0, 0.1) is 11.3 Å². The molecule has 1 aliphatic rings. The fraction of sp³-hybridized carbons (Fsp3) is 0.389. The van der Waals surface area contributed by atoms with Gasteiger partial charge < -0.3 is 14.6 Å². The minimum absolute atomic E-state index is 0.140. The highest BCUT2D eigenvalue weighted by atomic mass is 16.7. The Bertz CT molecular complexity index is 670. The summed E-state index contributed by atoms with van der Waals surface area (Å²) in [5.74, 6) is 0.348. The Balaban J connectivity index is 1.66. The molecule has 0 radical (unpaired) electrons. The number of benzene rings is 1. The second-order valence-corrected chi connectivity index (χ2v) is 5.91. The molecule has 116 valence electrons. The van der Waals surface area contributed by atoms with Gasteiger partial charge in [0, 0.05) is 24.1 Å². The molecule has 1 saturated carbocycles. The Labute approximate surface area is 130 Å². The highest BCUT2D eigenvalue weighted by molar-refractivity contribution is 5.80. The minimum atomic E-state index is -0.140. The van der Waals surface area contributed by atoms with E-state index in [-0.39, 0.29) is 18.8 Å². The highest BCUT2D eigenvalue weighted by Gasteiger charge is 2.52. The van der Waals surface area contributed by atoms with Gasteiger partial charge in [0.05, 0.1) is 18.7 Å². The Hall–Kier alpha value is -1.75. The number of aliphatic hydroxyl groups is 1. The number of allylic oxidation sites excluding steroid dienone is 1. The van der Waals surface area contributed by atoms with E-state index in [4.69, 9.17) is 9.47 Å². The van der Waals surface area contributed by atoms with Gasteiger partial charge in [-0.25, -0.2) is 0 Å². The SMILES string of the molecule is COCOCC1(CO)CC1/C=C/c1cnc2ccccc2c1. The van der Waals surface area contributed by atoms with Crippen molar-refractivity contribution in [3.05, 3.63) is 48.2 Å². The molecule has 2 unspecified atom stereocenters. The molecule has 1 heterocycles. The second-order valence-electron chi connectivity index (χ2n) is 5.91. The number of aliphatic hydroxyl groups excluding tert-OH is 1. The first-order valence-corrected chi connectivity index (χ1v) is 7.48. The van der Waals surface area contributed by atoms with E-state index in [1.165, 1.54) is 0 Å². The lowest BCUT2D eigenvalue weighted by atomic mass is 10.1. The van der Waals surface area contributed by atoms with E-state index in [2.05, 4.69) is 29.3 Å². The molecule has 0 bridgehead atoms. The lowest BCUT2D eigenvalue weighted by molar-refractivity contribution is -0.0557. The number of methoxy groups -OCH3 is 1. The number of nitrogens with zero attached hydrogens (tertiary/aromatic N) is 1. The van der Waals surface area contributed by atoms with Gasteiger partial charge >= 0.3 is 0 Å². The maximum absolute atomic E-state index is 9.60. The molecule has 3 rings (SSSR count). The van der Waals surface area contributed by atoms with Crippen molar-refractivity contribution in [2.24, 2.45) is 11.3 Å². The Morgan fingerprint density at radius 1 is 1.41 bits per heavy atom. The predicted molar refractivity (Wildman–Crippen MR) is 86.2 cm³/mol. The standard InChI is InChI=1S/C18H21NO3/c1-21-13-22-12-18(11-20)9-16(18)7-6-14-8-15-4-2-3-5-17(15)19-10-14/h2-8,10,16,20H,9,11-13H2,1H3/b7-6+. The molecule has 0 saturated heterocycles. The van der Waals surface area contributed by atoms with Crippen LogP contribution in [-0.4, -0.2) is 37.2 Å². The van der Waals surface area contributed by atoms with Crippen LogP contribution >= 0.6 is 0 Å². The van der Waals surface area contributed by atoms with Crippen LogP contribution in [0.5, 0.6) is 0 Å². The first kappa shape index (κ1) is 15.2. The lowest BCUT2D eigenvalue weighted by Crippen LogP contribution is -2.18. The van der Waals surface area contributed by atoms with Crippen LogP contribution in [-0.2, 0) is 9.47 Å². The quantitative estimate of drug-likeness (QED) is 0.631. The van der Waals surface area contributed by atoms with Crippen molar-refractivity contribution in [1.82, 2.24) is 4.98 Å². The molecule has 0 aliphatic heterocycles. The third kappa shape index (κ3) is 3.19. The van der Waals surface area contributed by atoms with E-state index in [0.29, 0.717) is 12.5 Å². The molecule has 1 aromatic heterocycles. The van der Waals surface area contributed by atoms with Gasteiger partial charge in [0.15, 0.2) is 0 Å². The number of pyridine rings is 1. The van der Waals surface area contributed by atoms with Gasteiger partial charge in [-0.1, -0.05) is 30.4 Å². The van der Waals surface area contributed by atoms with Crippen molar-refractivity contribution in [3.8, 4) is 0 Å². The molecular weight excluding hydrogens is 278 g/mol. The van der Waals surface area contributed by atoms with Crippen molar-refractivity contribution < 1.29 is 14.6 Å². The largest absolute Gasteiger partial charge is 0.396 e. The number of fused-ring (bicyclic) bond motifs is 1. The zero-order chi connectivity index (χ0) is 15.4. The van der Waals surface area contributed by atoms with Gasteiger partial charge in [0.2, 0.25) is 0 Å². The van der Waals surface area contributed by atoms with E-state index in [9.17, 15) is 5.11 Å². The number of rotatable bonds is 7. The van der Waals surface area contributed by atoms with Crippen LogP contribution < -0.4 is 0 Å². The van der Waals surface area contributed by atoms with Crippen LogP contribution in [0.2, 0.25) is 0 Å². The molecule has 0 spiro atoms. The van der Waals surface area contributed by atoms with E-state index in [1.54, 1.807) is 7.11 Å². The lowest BCUT2D eigenvalue weighted by Gasteiger charge is -2.12. The Morgan fingerprint density at radius 2 is 2.27 bits per heavy atom. The summed E-state index contributed by atoms with van der Waals surface area (Å²) in [6.45, 7) is 0.941. The number of hydrogen-bond donors (Lipinski definition) is 1. The van der Waals surface area contributed by atoms with Crippen LogP contribution in [0.15, 0.2) is 42.6 Å². The number of aromatic nitrogens is 1. The third-order valence-corrected chi connectivity index (χ3v) is 4.29. The summed E-state index contributed by atoms with van der Waals surface area (Å²) in [4.78, 5) is 4.45. The minimum Gasteiger partial charge on any atom is -0.396 e. The Kier molecular flexibility index (Phi) is 4.52. The highest BCUT2D eigenvalue weighted by Crippen LogP contribution is 2.53. The van der Waals surface area contributed by atoms with Crippen molar-refractivity contribution in [2.75, 3.05) is 27.1 Å². The van der Waals surface area contributed by atoms with Crippen LogP contribution in [0.3, 0.4) is 0 Å². The average molecular weight is 299 g/mol.